The Morgan fingerprint density at radius 1 is 0.975 bits per heavy atom. The third-order valence-electron chi connectivity index (χ3n) is 6.30. The summed E-state index contributed by atoms with van der Waals surface area (Å²) >= 11 is 8.19. The number of ether oxygens (including phenoxy) is 2. The number of furan rings is 1. The Hall–Kier alpha value is -4.15. The second kappa shape index (κ2) is 11.1. The molecule has 9 heteroatoms. The Labute approximate surface area is 247 Å². The van der Waals surface area contributed by atoms with Crippen molar-refractivity contribution in [1.82, 2.24) is 9.66 Å². The lowest BCUT2D eigenvalue weighted by atomic mass is 10.2. The average molecular weight is 662 g/mol. The van der Waals surface area contributed by atoms with Crippen molar-refractivity contribution in [3.8, 4) is 23.1 Å². The summed E-state index contributed by atoms with van der Waals surface area (Å²) in [6.07, 6.45) is 1.62. The Bertz CT molecular complexity index is 1950. The number of rotatable bonds is 7. The molecule has 0 saturated heterocycles. The van der Waals surface area contributed by atoms with E-state index in [9.17, 15) is 4.79 Å². The molecule has 0 aliphatic rings. The van der Waals surface area contributed by atoms with Crippen molar-refractivity contribution in [3.63, 3.8) is 0 Å². The Kier molecular flexibility index (Phi) is 7.27. The molecule has 0 atom stereocenters. The summed E-state index contributed by atoms with van der Waals surface area (Å²) < 4.78 is 19.7. The van der Waals surface area contributed by atoms with Crippen LogP contribution in [0, 0.1) is 3.57 Å². The Morgan fingerprint density at radius 3 is 2.60 bits per heavy atom. The second-order valence-corrected chi connectivity index (χ2v) is 10.5. The van der Waals surface area contributed by atoms with Gasteiger partial charge in [0.05, 0.1) is 33.2 Å². The van der Waals surface area contributed by atoms with Crippen molar-refractivity contribution in [1.29, 1.82) is 0 Å². The zero-order valence-corrected chi connectivity index (χ0v) is 24.1. The first-order chi connectivity index (χ1) is 19.5. The Balaban J connectivity index is 1.36. The number of hydrogen-bond acceptors (Lipinski definition) is 6. The minimum atomic E-state index is -0.304. The smallest absolute Gasteiger partial charge is 0.282 e. The highest BCUT2D eigenvalue weighted by molar-refractivity contribution is 14.1. The van der Waals surface area contributed by atoms with Crippen LogP contribution in [0.1, 0.15) is 11.1 Å². The van der Waals surface area contributed by atoms with Gasteiger partial charge in [-0.25, -0.2) is 4.98 Å². The van der Waals surface area contributed by atoms with Crippen LogP contribution in [0.15, 0.2) is 105 Å². The summed E-state index contributed by atoms with van der Waals surface area (Å²) in [4.78, 5) is 18.3. The highest BCUT2D eigenvalue weighted by Crippen LogP contribution is 2.33. The van der Waals surface area contributed by atoms with Crippen LogP contribution in [0.25, 0.3) is 33.5 Å². The largest absolute Gasteiger partial charge is 0.496 e. The SMILES string of the molecule is COc1cccc2oc(-c3nc4ccccc4c(=O)n3N=Cc3ccc(OCc4ccc(Cl)cc4)c(I)c3)cc12. The molecule has 40 heavy (non-hydrogen) atoms. The van der Waals surface area contributed by atoms with Crippen LogP contribution in [0.5, 0.6) is 11.5 Å². The molecule has 2 aromatic heterocycles. The number of aromatic nitrogens is 2. The van der Waals surface area contributed by atoms with Crippen molar-refractivity contribution in [2.75, 3.05) is 7.11 Å². The van der Waals surface area contributed by atoms with Gasteiger partial charge in [0.1, 0.15) is 23.7 Å². The average Bonchev–Trinajstić information content (AvgIpc) is 3.41. The van der Waals surface area contributed by atoms with Gasteiger partial charge in [-0.1, -0.05) is 41.9 Å². The summed E-state index contributed by atoms with van der Waals surface area (Å²) in [5, 5.41) is 6.48. The summed E-state index contributed by atoms with van der Waals surface area (Å²) in [5.74, 6) is 2.10. The van der Waals surface area contributed by atoms with Crippen LogP contribution in [-0.2, 0) is 6.61 Å². The second-order valence-electron chi connectivity index (χ2n) is 8.90. The maximum atomic E-state index is 13.6. The summed E-state index contributed by atoms with van der Waals surface area (Å²) in [5.41, 5.74) is 2.68. The number of fused-ring (bicyclic) bond motifs is 2. The fourth-order valence-electron chi connectivity index (χ4n) is 4.29. The number of nitrogens with zero attached hydrogens (tertiary/aromatic N) is 3. The molecule has 0 unspecified atom stereocenters. The van der Waals surface area contributed by atoms with Crippen LogP contribution in [0.4, 0.5) is 0 Å². The highest BCUT2D eigenvalue weighted by atomic mass is 127. The fourth-order valence-corrected chi connectivity index (χ4v) is 5.11. The van der Waals surface area contributed by atoms with Gasteiger partial charge in [-0.3, -0.25) is 4.79 Å². The topological polar surface area (TPSA) is 78.9 Å². The van der Waals surface area contributed by atoms with E-state index in [1.54, 1.807) is 31.5 Å². The lowest BCUT2D eigenvalue weighted by Crippen LogP contribution is -2.20. The molecule has 7 nitrogen and oxygen atoms in total. The van der Waals surface area contributed by atoms with Gasteiger partial charge in [-0.15, -0.1) is 0 Å². The van der Waals surface area contributed by atoms with Crippen molar-refractivity contribution < 1.29 is 13.9 Å². The molecule has 0 aliphatic heterocycles. The first-order valence-corrected chi connectivity index (χ1v) is 13.8. The number of methoxy groups -OCH3 is 1. The van der Waals surface area contributed by atoms with E-state index in [0.717, 1.165) is 25.8 Å². The summed E-state index contributed by atoms with van der Waals surface area (Å²) in [7, 11) is 1.60. The molecule has 6 rings (SSSR count). The number of para-hydroxylation sites is 1. The van der Waals surface area contributed by atoms with Crippen molar-refractivity contribution in [2.24, 2.45) is 5.10 Å². The fraction of sp³-hybridized carbons (Fsp3) is 0.0645. The molecule has 0 amide bonds. The van der Waals surface area contributed by atoms with Crippen LogP contribution in [0.2, 0.25) is 5.02 Å². The lowest BCUT2D eigenvalue weighted by molar-refractivity contribution is 0.304. The molecule has 0 fully saturated rings. The molecule has 0 radical (unpaired) electrons. The first-order valence-electron chi connectivity index (χ1n) is 12.3. The summed E-state index contributed by atoms with van der Waals surface area (Å²) in [6.45, 7) is 0.421. The van der Waals surface area contributed by atoms with E-state index >= 15 is 0 Å². The molecule has 0 bridgehead atoms. The molecule has 0 N–H and O–H groups in total. The minimum Gasteiger partial charge on any atom is -0.496 e. The Morgan fingerprint density at radius 2 is 1.80 bits per heavy atom. The van der Waals surface area contributed by atoms with Crippen molar-refractivity contribution in [3.05, 3.63) is 121 Å². The van der Waals surface area contributed by atoms with E-state index in [1.807, 2.05) is 72.8 Å². The minimum absolute atomic E-state index is 0.288. The molecular formula is C31H21ClIN3O4. The number of halogens is 2. The normalized spacial score (nSPS) is 11.5. The van der Waals surface area contributed by atoms with Gasteiger partial charge in [0.2, 0.25) is 5.82 Å². The predicted molar refractivity (Wildman–Crippen MR) is 166 cm³/mol. The van der Waals surface area contributed by atoms with E-state index < -0.39 is 0 Å². The van der Waals surface area contributed by atoms with E-state index in [-0.39, 0.29) is 11.4 Å². The quantitative estimate of drug-likeness (QED) is 0.131. The van der Waals surface area contributed by atoms with Crippen LogP contribution >= 0.6 is 34.2 Å². The molecule has 198 valence electrons. The standard InChI is InChI=1S/C31H21ClIN3O4/c1-38-26-7-4-8-27-23(26)16-29(40-27)30-35-25-6-3-2-5-22(25)31(37)36(30)34-17-20-11-14-28(24(33)15-20)39-18-19-9-12-21(32)13-10-19/h2-17H,18H2,1H3. The van der Waals surface area contributed by atoms with Gasteiger partial charge in [0.25, 0.3) is 5.56 Å². The zero-order chi connectivity index (χ0) is 27.6. The maximum Gasteiger partial charge on any atom is 0.282 e. The monoisotopic (exact) mass is 661 g/mol. The molecule has 0 saturated carbocycles. The van der Waals surface area contributed by atoms with Crippen LogP contribution in [0.3, 0.4) is 0 Å². The van der Waals surface area contributed by atoms with Gasteiger partial charge in [0.15, 0.2) is 5.76 Å². The first kappa shape index (κ1) is 26.1. The molecule has 6 aromatic rings. The van der Waals surface area contributed by atoms with Crippen molar-refractivity contribution in [2.45, 2.75) is 6.61 Å². The third kappa shape index (κ3) is 5.20. The van der Waals surface area contributed by atoms with E-state index in [2.05, 4.69) is 27.7 Å². The molecule has 4 aromatic carbocycles. The van der Waals surface area contributed by atoms with Crippen molar-refractivity contribution >= 4 is 62.3 Å². The van der Waals surface area contributed by atoms with Gasteiger partial charge >= 0.3 is 0 Å². The van der Waals surface area contributed by atoms with Gasteiger partial charge in [-0.05, 0) is 94.4 Å². The molecule has 2 heterocycles. The van der Waals surface area contributed by atoms with E-state index in [4.69, 9.17) is 30.5 Å². The molecular weight excluding hydrogens is 641 g/mol. The van der Waals surface area contributed by atoms with Crippen LogP contribution in [-0.4, -0.2) is 23.0 Å². The van der Waals surface area contributed by atoms with E-state index in [0.29, 0.717) is 39.6 Å². The third-order valence-corrected chi connectivity index (χ3v) is 7.40. The van der Waals surface area contributed by atoms with Crippen LogP contribution < -0.4 is 15.0 Å². The predicted octanol–water partition coefficient (Wildman–Crippen LogP) is 7.54. The van der Waals surface area contributed by atoms with Gasteiger partial charge in [0, 0.05) is 5.02 Å². The van der Waals surface area contributed by atoms with Gasteiger partial charge in [-0.2, -0.15) is 9.78 Å². The molecule has 0 aliphatic carbocycles. The lowest BCUT2D eigenvalue weighted by Gasteiger charge is -2.09. The summed E-state index contributed by atoms with van der Waals surface area (Å²) in [6, 6.07) is 27.8. The highest BCUT2D eigenvalue weighted by Gasteiger charge is 2.18. The van der Waals surface area contributed by atoms with Gasteiger partial charge < -0.3 is 13.9 Å². The zero-order valence-electron chi connectivity index (χ0n) is 21.2. The molecule has 0 spiro atoms. The number of benzene rings is 4. The maximum absolute atomic E-state index is 13.6. The number of hydrogen-bond donors (Lipinski definition) is 0. The van der Waals surface area contributed by atoms with E-state index in [1.165, 1.54) is 4.68 Å².